The van der Waals surface area contributed by atoms with Gasteiger partial charge in [-0.2, -0.15) is 13.2 Å². The zero-order chi connectivity index (χ0) is 15.7. The van der Waals surface area contributed by atoms with Gasteiger partial charge in [-0.25, -0.2) is 4.98 Å². The fourth-order valence-corrected chi connectivity index (χ4v) is 2.13. The Bertz CT molecular complexity index is 474. The molecule has 0 amide bonds. The van der Waals surface area contributed by atoms with Crippen molar-refractivity contribution >= 4 is 17.0 Å². The number of rotatable bonds is 3. The molecule has 0 aromatic carbocycles. The number of anilines is 1. The van der Waals surface area contributed by atoms with E-state index in [4.69, 9.17) is 5.73 Å². The van der Waals surface area contributed by atoms with Crippen LogP contribution in [0.15, 0.2) is 12.1 Å². The molecule has 0 bridgehead atoms. The first-order chi connectivity index (χ1) is 8.91. The van der Waals surface area contributed by atoms with Gasteiger partial charge in [-0.15, -0.1) is 4.72 Å². The monoisotopic (exact) mass is 309 g/mol. The van der Waals surface area contributed by atoms with Gasteiger partial charge in [0.15, 0.2) is 0 Å². The van der Waals surface area contributed by atoms with Crippen molar-refractivity contribution in [1.29, 1.82) is 0 Å². The highest BCUT2D eigenvalue weighted by molar-refractivity contribution is 7.90. The van der Waals surface area contributed by atoms with Crippen LogP contribution in [0.25, 0.3) is 0 Å². The highest BCUT2D eigenvalue weighted by Gasteiger charge is 2.34. The van der Waals surface area contributed by atoms with E-state index in [-0.39, 0.29) is 11.4 Å². The van der Waals surface area contributed by atoms with Crippen molar-refractivity contribution in [3.63, 3.8) is 0 Å². The minimum atomic E-state index is -4.56. The summed E-state index contributed by atoms with van der Waals surface area (Å²) in [6, 6.07) is 1.50. The first-order valence-corrected chi connectivity index (χ1v) is 7.09. The lowest BCUT2D eigenvalue weighted by Gasteiger charge is -2.26. The Kier molecular flexibility index (Phi) is 4.94. The Morgan fingerprint density at radius 2 is 1.85 bits per heavy atom. The van der Waals surface area contributed by atoms with E-state index in [1.54, 1.807) is 27.7 Å². The van der Waals surface area contributed by atoms with E-state index in [2.05, 4.69) is 9.71 Å². The summed E-state index contributed by atoms with van der Waals surface area (Å²) in [6.07, 6.45) is -4.56. The number of pyridine rings is 1. The van der Waals surface area contributed by atoms with E-state index >= 15 is 0 Å². The summed E-state index contributed by atoms with van der Waals surface area (Å²) in [5, 5.41) is 0. The van der Waals surface area contributed by atoms with Crippen LogP contribution in [0.1, 0.15) is 45.1 Å². The predicted octanol–water partition coefficient (Wildman–Crippen LogP) is 2.80. The molecule has 0 spiro atoms. The molecule has 1 rings (SSSR count). The molecule has 0 saturated carbocycles. The molecule has 8 heteroatoms. The number of alkyl halides is 3. The van der Waals surface area contributed by atoms with Crippen LogP contribution >= 0.6 is 0 Å². The molecule has 1 aromatic rings. The van der Waals surface area contributed by atoms with E-state index in [9.17, 15) is 17.7 Å². The van der Waals surface area contributed by atoms with Crippen molar-refractivity contribution in [2.75, 3.05) is 5.73 Å². The Balaban J connectivity index is 2.99. The zero-order valence-corrected chi connectivity index (χ0v) is 12.5. The summed E-state index contributed by atoms with van der Waals surface area (Å²) >= 11 is -1.41. The molecule has 0 fully saturated rings. The lowest BCUT2D eigenvalue weighted by atomic mass is 10.2. The third-order valence-electron chi connectivity index (χ3n) is 2.44. The Labute approximate surface area is 119 Å². The minimum Gasteiger partial charge on any atom is -0.598 e. The summed E-state index contributed by atoms with van der Waals surface area (Å²) in [4.78, 5) is 3.54. The van der Waals surface area contributed by atoms with E-state index in [0.29, 0.717) is 0 Å². The molecule has 0 aliphatic rings. The van der Waals surface area contributed by atoms with Gasteiger partial charge in [0.2, 0.25) is 0 Å². The second-order valence-electron chi connectivity index (χ2n) is 5.43. The van der Waals surface area contributed by atoms with Gasteiger partial charge in [0, 0.05) is 17.0 Å². The SMILES string of the molecule is CC(N[S+]([O-])C(C)(C)C)c1cc(N)cc(C(F)(F)F)n1. The van der Waals surface area contributed by atoms with Gasteiger partial charge in [0.25, 0.3) is 0 Å². The fraction of sp³-hybridized carbons (Fsp3) is 0.583. The normalized spacial score (nSPS) is 16.0. The molecule has 20 heavy (non-hydrogen) atoms. The van der Waals surface area contributed by atoms with Crippen molar-refractivity contribution in [2.24, 2.45) is 0 Å². The van der Waals surface area contributed by atoms with Crippen molar-refractivity contribution < 1.29 is 17.7 Å². The van der Waals surface area contributed by atoms with Gasteiger partial charge in [-0.1, -0.05) is 0 Å². The molecular formula is C12H18F3N3OS. The number of hydrogen-bond acceptors (Lipinski definition) is 4. The molecule has 0 aliphatic heterocycles. The van der Waals surface area contributed by atoms with Crippen LogP contribution in [0.5, 0.6) is 0 Å². The summed E-state index contributed by atoms with van der Waals surface area (Å²) in [5.74, 6) is 0. The van der Waals surface area contributed by atoms with Crippen LogP contribution in [0.3, 0.4) is 0 Å². The van der Waals surface area contributed by atoms with Crippen molar-refractivity contribution in [3.8, 4) is 0 Å². The van der Waals surface area contributed by atoms with Crippen LogP contribution in [-0.4, -0.2) is 14.3 Å². The second-order valence-corrected chi connectivity index (χ2v) is 7.43. The lowest BCUT2D eigenvalue weighted by Crippen LogP contribution is -2.40. The average molecular weight is 309 g/mol. The number of aromatic nitrogens is 1. The minimum absolute atomic E-state index is 0.0301. The molecule has 4 nitrogen and oxygen atoms in total. The van der Waals surface area contributed by atoms with Gasteiger partial charge >= 0.3 is 6.18 Å². The van der Waals surface area contributed by atoms with Crippen LogP contribution in [0, 0.1) is 0 Å². The molecule has 114 valence electrons. The molecule has 0 saturated heterocycles. The summed E-state index contributed by atoms with van der Waals surface area (Å²) in [6.45, 7) is 6.87. The predicted molar refractivity (Wildman–Crippen MR) is 73.1 cm³/mol. The van der Waals surface area contributed by atoms with Crippen LogP contribution in [0.2, 0.25) is 0 Å². The quantitative estimate of drug-likeness (QED) is 0.842. The third kappa shape index (κ3) is 4.53. The van der Waals surface area contributed by atoms with Gasteiger partial charge < -0.3 is 10.3 Å². The van der Waals surface area contributed by atoms with Gasteiger partial charge in [0.05, 0.1) is 11.7 Å². The summed E-state index contributed by atoms with van der Waals surface area (Å²) < 4.78 is 52.1. The standard InChI is InChI=1S/C12H18F3N3OS/c1-7(18-20(19)11(2,3)4)9-5-8(16)6-10(17-9)12(13,14)15/h5-7,18H,1-4H3,(H2,16,17). The molecule has 1 aromatic heterocycles. The molecular weight excluding hydrogens is 291 g/mol. The van der Waals surface area contributed by atoms with E-state index < -0.39 is 34.0 Å². The topological polar surface area (TPSA) is 74.0 Å². The first-order valence-electron chi connectivity index (χ1n) is 5.94. The second kappa shape index (κ2) is 5.79. The van der Waals surface area contributed by atoms with Gasteiger partial charge in [0.1, 0.15) is 10.4 Å². The third-order valence-corrected chi connectivity index (χ3v) is 4.12. The Morgan fingerprint density at radius 1 is 1.30 bits per heavy atom. The van der Waals surface area contributed by atoms with Crippen molar-refractivity contribution in [1.82, 2.24) is 9.71 Å². The van der Waals surface area contributed by atoms with Crippen LogP contribution < -0.4 is 10.5 Å². The Hall–Kier alpha value is -0.990. The molecule has 0 radical (unpaired) electrons. The molecule has 2 atom stereocenters. The number of nitrogens with two attached hydrogens (primary N) is 1. The maximum Gasteiger partial charge on any atom is 0.433 e. The average Bonchev–Trinajstić information content (AvgIpc) is 2.25. The zero-order valence-electron chi connectivity index (χ0n) is 11.7. The lowest BCUT2D eigenvalue weighted by molar-refractivity contribution is -0.141. The summed E-state index contributed by atoms with van der Waals surface area (Å²) in [5.41, 5.74) is 4.49. The molecule has 0 aliphatic carbocycles. The molecule has 1 heterocycles. The van der Waals surface area contributed by atoms with E-state index in [1.807, 2.05) is 0 Å². The highest BCUT2D eigenvalue weighted by Crippen LogP contribution is 2.30. The van der Waals surface area contributed by atoms with Crippen molar-refractivity contribution in [2.45, 2.75) is 44.7 Å². The van der Waals surface area contributed by atoms with Crippen LogP contribution in [-0.2, 0) is 17.5 Å². The molecule has 2 unspecified atom stereocenters. The fourth-order valence-electron chi connectivity index (χ4n) is 1.34. The molecule has 3 N–H and O–H groups in total. The number of nitrogen functional groups attached to an aromatic ring is 1. The number of nitrogens with zero attached hydrogens (tertiary/aromatic N) is 1. The van der Waals surface area contributed by atoms with E-state index in [0.717, 1.165) is 6.07 Å². The smallest absolute Gasteiger partial charge is 0.433 e. The maximum absolute atomic E-state index is 12.7. The van der Waals surface area contributed by atoms with E-state index in [1.165, 1.54) is 6.07 Å². The van der Waals surface area contributed by atoms with Crippen LogP contribution in [0.4, 0.5) is 18.9 Å². The number of halogens is 3. The van der Waals surface area contributed by atoms with Gasteiger partial charge in [-0.3, -0.25) is 0 Å². The highest BCUT2D eigenvalue weighted by atomic mass is 32.2. The largest absolute Gasteiger partial charge is 0.598 e. The first kappa shape index (κ1) is 17.1. The number of nitrogens with one attached hydrogen (secondary N) is 1. The summed E-state index contributed by atoms with van der Waals surface area (Å²) in [7, 11) is 0. The Morgan fingerprint density at radius 3 is 2.30 bits per heavy atom. The van der Waals surface area contributed by atoms with Gasteiger partial charge in [-0.05, 0) is 39.8 Å². The maximum atomic E-state index is 12.7. The van der Waals surface area contributed by atoms with Crippen molar-refractivity contribution in [3.05, 3.63) is 23.5 Å². The number of hydrogen-bond donors (Lipinski definition) is 2.